The second-order valence-corrected chi connectivity index (χ2v) is 4.08. The third-order valence-corrected chi connectivity index (χ3v) is 2.48. The van der Waals surface area contributed by atoms with Gasteiger partial charge in [0.15, 0.2) is 0 Å². The highest BCUT2D eigenvalue weighted by atomic mass is 19.1. The SMILES string of the molecule is O=C(N/N=C\c1c(F)cccc1F)C(=O)NC1CC1. The van der Waals surface area contributed by atoms with Crippen molar-refractivity contribution in [3.05, 3.63) is 35.4 Å². The lowest BCUT2D eigenvalue weighted by Gasteiger charge is -2.01. The Bertz CT molecular complexity index is 522. The standard InChI is InChI=1S/C12H11F2N3O2/c13-9-2-1-3-10(14)8(9)6-15-17-12(19)11(18)16-7-4-5-7/h1-3,6-7H,4-5H2,(H,16,18)(H,17,19)/b15-6-. The number of hydrogen-bond acceptors (Lipinski definition) is 3. The number of hydrogen-bond donors (Lipinski definition) is 2. The normalized spacial score (nSPS) is 14.4. The summed E-state index contributed by atoms with van der Waals surface area (Å²) in [5.41, 5.74) is 1.52. The van der Waals surface area contributed by atoms with Gasteiger partial charge in [-0.3, -0.25) is 9.59 Å². The molecule has 0 unspecified atom stereocenters. The van der Waals surface area contributed by atoms with Gasteiger partial charge in [0.1, 0.15) is 11.6 Å². The minimum atomic E-state index is -0.972. The molecule has 0 saturated heterocycles. The molecule has 0 heterocycles. The van der Waals surface area contributed by atoms with E-state index in [-0.39, 0.29) is 11.6 Å². The van der Waals surface area contributed by atoms with E-state index in [9.17, 15) is 18.4 Å². The number of hydrazone groups is 1. The highest BCUT2D eigenvalue weighted by molar-refractivity contribution is 6.35. The lowest BCUT2D eigenvalue weighted by atomic mass is 10.2. The second kappa shape index (κ2) is 5.55. The molecule has 0 bridgehead atoms. The fraction of sp³-hybridized carbons (Fsp3) is 0.250. The van der Waals surface area contributed by atoms with E-state index in [0.717, 1.165) is 31.2 Å². The van der Waals surface area contributed by atoms with E-state index in [0.29, 0.717) is 0 Å². The highest BCUT2D eigenvalue weighted by Crippen LogP contribution is 2.18. The summed E-state index contributed by atoms with van der Waals surface area (Å²) in [5.74, 6) is -3.39. The summed E-state index contributed by atoms with van der Waals surface area (Å²) in [6, 6.07) is 3.38. The molecule has 2 amide bonds. The summed E-state index contributed by atoms with van der Waals surface area (Å²) in [5, 5.41) is 5.80. The van der Waals surface area contributed by atoms with Gasteiger partial charge in [0.2, 0.25) is 0 Å². The van der Waals surface area contributed by atoms with Crippen molar-refractivity contribution < 1.29 is 18.4 Å². The van der Waals surface area contributed by atoms with Crippen molar-refractivity contribution >= 4 is 18.0 Å². The molecule has 1 aliphatic rings. The van der Waals surface area contributed by atoms with E-state index in [1.165, 1.54) is 6.07 Å². The molecule has 2 rings (SSSR count). The lowest BCUT2D eigenvalue weighted by Crippen LogP contribution is -2.38. The largest absolute Gasteiger partial charge is 0.345 e. The molecule has 2 N–H and O–H groups in total. The van der Waals surface area contributed by atoms with Gasteiger partial charge in [0.25, 0.3) is 0 Å². The minimum absolute atomic E-state index is 0.0474. The Hall–Kier alpha value is -2.31. The first-order valence-electron chi connectivity index (χ1n) is 5.66. The zero-order valence-electron chi connectivity index (χ0n) is 9.82. The predicted octanol–water partition coefficient (Wildman–Crippen LogP) is 0.693. The van der Waals surface area contributed by atoms with Crippen molar-refractivity contribution in [1.82, 2.24) is 10.7 Å². The van der Waals surface area contributed by atoms with E-state index in [2.05, 4.69) is 10.4 Å². The molecule has 0 radical (unpaired) electrons. The molecule has 0 aliphatic heterocycles. The molecule has 1 aromatic rings. The van der Waals surface area contributed by atoms with Crippen molar-refractivity contribution in [2.24, 2.45) is 5.10 Å². The van der Waals surface area contributed by atoms with E-state index in [1.807, 2.05) is 5.43 Å². The maximum Gasteiger partial charge on any atom is 0.329 e. The Labute approximate surface area is 107 Å². The average Bonchev–Trinajstić information content (AvgIpc) is 3.16. The smallest absolute Gasteiger partial charge is 0.329 e. The minimum Gasteiger partial charge on any atom is -0.345 e. The van der Waals surface area contributed by atoms with Crippen LogP contribution in [0.15, 0.2) is 23.3 Å². The summed E-state index contributed by atoms with van der Waals surface area (Å²) >= 11 is 0. The van der Waals surface area contributed by atoms with Crippen LogP contribution in [0.1, 0.15) is 18.4 Å². The summed E-state index contributed by atoms with van der Waals surface area (Å²) in [6.45, 7) is 0. The third-order valence-electron chi connectivity index (χ3n) is 2.48. The molecule has 1 saturated carbocycles. The molecular weight excluding hydrogens is 256 g/mol. The first kappa shape index (κ1) is 13.1. The van der Waals surface area contributed by atoms with Gasteiger partial charge in [-0.25, -0.2) is 14.2 Å². The highest BCUT2D eigenvalue weighted by Gasteiger charge is 2.26. The Kier molecular flexibility index (Phi) is 3.84. The fourth-order valence-electron chi connectivity index (χ4n) is 1.32. The Morgan fingerprint density at radius 2 is 1.84 bits per heavy atom. The zero-order chi connectivity index (χ0) is 13.8. The monoisotopic (exact) mass is 267 g/mol. The molecule has 0 atom stereocenters. The second-order valence-electron chi connectivity index (χ2n) is 4.08. The fourth-order valence-corrected chi connectivity index (χ4v) is 1.32. The molecule has 1 aromatic carbocycles. The summed E-state index contributed by atoms with van der Waals surface area (Å²) in [4.78, 5) is 22.5. The van der Waals surface area contributed by atoms with E-state index < -0.39 is 23.4 Å². The van der Waals surface area contributed by atoms with Crippen LogP contribution < -0.4 is 10.7 Å². The molecule has 0 aromatic heterocycles. The van der Waals surface area contributed by atoms with Crippen LogP contribution in [0.2, 0.25) is 0 Å². The van der Waals surface area contributed by atoms with Crippen LogP contribution in [0.4, 0.5) is 8.78 Å². The molecular formula is C12H11F2N3O2. The van der Waals surface area contributed by atoms with Gasteiger partial charge >= 0.3 is 11.8 Å². The first-order valence-corrected chi connectivity index (χ1v) is 5.66. The van der Waals surface area contributed by atoms with Crippen molar-refractivity contribution in [3.63, 3.8) is 0 Å². The lowest BCUT2D eigenvalue weighted by molar-refractivity contribution is -0.139. The van der Waals surface area contributed by atoms with Crippen molar-refractivity contribution in [2.45, 2.75) is 18.9 Å². The number of amides is 2. The molecule has 7 heteroatoms. The number of nitrogens with one attached hydrogen (secondary N) is 2. The zero-order valence-corrected chi connectivity index (χ0v) is 9.82. The van der Waals surface area contributed by atoms with Gasteiger partial charge in [-0.15, -0.1) is 0 Å². The number of rotatable bonds is 3. The number of benzene rings is 1. The Morgan fingerprint density at radius 1 is 1.21 bits per heavy atom. The molecule has 0 spiro atoms. The van der Waals surface area contributed by atoms with Crippen molar-refractivity contribution in [3.8, 4) is 0 Å². The summed E-state index contributed by atoms with van der Waals surface area (Å²) in [7, 11) is 0. The maximum absolute atomic E-state index is 13.2. The number of halogens is 2. The Morgan fingerprint density at radius 3 is 2.42 bits per heavy atom. The molecule has 1 fully saturated rings. The molecule has 19 heavy (non-hydrogen) atoms. The molecule has 5 nitrogen and oxygen atoms in total. The van der Waals surface area contributed by atoms with Crippen LogP contribution >= 0.6 is 0 Å². The average molecular weight is 267 g/mol. The van der Waals surface area contributed by atoms with Crippen LogP contribution in [0.3, 0.4) is 0 Å². The quantitative estimate of drug-likeness (QED) is 0.480. The van der Waals surface area contributed by atoms with Crippen LogP contribution in [0.25, 0.3) is 0 Å². The predicted molar refractivity (Wildman–Crippen MR) is 63.3 cm³/mol. The molecule has 1 aliphatic carbocycles. The Balaban J connectivity index is 1.92. The van der Waals surface area contributed by atoms with E-state index in [1.54, 1.807) is 0 Å². The van der Waals surface area contributed by atoms with Crippen LogP contribution in [-0.4, -0.2) is 24.1 Å². The first-order chi connectivity index (χ1) is 9.08. The van der Waals surface area contributed by atoms with E-state index >= 15 is 0 Å². The van der Waals surface area contributed by atoms with Gasteiger partial charge < -0.3 is 5.32 Å². The van der Waals surface area contributed by atoms with Gasteiger partial charge in [0.05, 0.1) is 11.8 Å². The van der Waals surface area contributed by atoms with Gasteiger partial charge in [-0.1, -0.05) is 6.07 Å². The van der Waals surface area contributed by atoms with Gasteiger partial charge in [-0.2, -0.15) is 5.10 Å². The number of carbonyl (C=O) groups is 2. The third kappa shape index (κ3) is 3.57. The number of carbonyl (C=O) groups excluding carboxylic acids is 2. The summed E-state index contributed by atoms with van der Waals surface area (Å²) < 4.78 is 26.4. The van der Waals surface area contributed by atoms with Crippen LogP contribution in [0.5, 0.6) is 0 Å². The molecule has 100 valence electrons. The van der Waals surface area contributed by atoms with E-state index in [4.69, 9.17) is 0 Å². The van der Waals surface area contributed by atoms with Gasteiger partial charge in [-0.05, 0) is 25.0 Å². The topological polar surface area (TPSA) is 70.6 Å². The van der Waals surface area contributed by atoms with Gasteiger partial charge in [0, 0.05) is 6.04 Å². The number of nitrogens with zero attached hydrogens (tertiary/aromatic N) is 1. The van der Waals surface area contributed by atoms with Crippen molar-refractivity contribution in [1.29, 1.82) is 0 Å². The summed E-state index contributed by atoms with van der Waals surface area (Å²) in [6.07, 6.45) is 2.51. The van der Waals surface area contributed by atoms with Crippen LogP contribution in [-0.2, 0) is 9.59 Å². The maximum atomic E-state index is 13.2. The van der Waals surface area contributed by atoms with Crippen molar-refractivity contribution in [2.75, 3.05) is 0 Å². The van der Waals surface area contributed by atoms with Crippen LogP contribution in [0, 0.1) is 11.6 Å².